The van der Waals surface area contributed by atoms with Crippen LogP contribution in [0.15, 0.2) is 41.9 Å². The summed E-state index contributed by atoms with van der Waals surface area (Å²) in [5, 5.41) is 20.1. The standard InChI is InChI=1S/C25H39ClN2O4/c1-2-3-4-5-6-7-12-31-25(28)11-9-20(27)14-19-13-18(8-10-23(19)26)24-16-21(30)15-22(17-29)32-24/h8-11,13,21-22,24,29-30H,2-7,12,14-17,27-28H2,1H3/b20-9-,25-11+. The van der Waals surface area contributed by atoms with Gasteiger partial charge in [0.2, 0.25) is 0 Å². The maximum Gasteiger partial charge on any atom is 0.183 e. The van der Waals surface area contributed by atoms with Crippen molar-refractivity contribution in [1.82, 2.24) is 0 Å². The second-order valence-electron chi connectivity index (χ2n) is 8.51. The Labute approximate surface area is 197 Å². The van der Waals surface area contributed by atoms with Gasteiger partial charge in [-0.1, -0.05) is 62.8 Å². The molecule has 0 aromatic heterocycles. The van der Waals surface area contributed by atoms with Crippen LogP contribution in [0.5, 0.6) is 0 Å². The van der Waals surface area contributed by atoms with Crippen molar-refractivity contribution in [1.29, 1.82) is 0 Å². The number of benzene rings is 1. The van der Waals surface area contributed by atoms with Gasteiger partial charge in [-0.2, -0.15) is 0 Å². The molecule has 1 saturated heterocycles. The molecule has 6 N–H and O–H groups in total. The molecule has 1 fully saturated rings. The number of aliphatic hydroxyl groups is 2. The number of hydrogen-bond donors (Lipinski definition) is 4. The van der Waals surface area contributed by atoms with E-state index in [0.717, 1.165) is 24.0 Å². The highest BCUT2D eigenvalue weighted by Crippen LogP contribution is 2.33. The highest BCUT2D eigenvalue weighted by atomic mass is 35.5. The summed E-state index contributed by atoms with van der Waals surface area (Å²) in [5.74, 6) is 0.348. The van der Waals surface area contributed by atoms with E-state index >= 15 is 0 Å². The molecule has 0 aliphatic carbocycles. The normalized spacial score (nSPS) is 22.2. The summed E-state index contributed by atoms with van der Waals surface area (Å²) < 4.78 is 11.5. The number of hydrogen-bond acceptors (Lipinski definition) is 6. The van der Waals surface area contributed by atoms with Gasteiger partial charge in [-0.15, -0.1) is 0 Å². The maximum atomic E-state index is 10.1. The minimum atomic E-state index is -0.501. The maximum absolute atomic E-state index is 10.1. The third kappa shape index (κ3) is 9.41. The number of aliphatic hydroxyl groups excluding tert-OH is 2. The molecule has 0 bridgehead atoms. The zero-order valence-electron chi connectivity index (χ0n) is 19.1. The molecule has 0 radical (unpaired) electrons. The lowest BCUT2D eigenvalue weighted by molar-refractivity contribution is -0.113. The van der Waals surface area contributed by atoms with Gasteiger partial charge in [-0.25, -0.2) is 0 Å². The van der Waals surface area contributed by atoms with Gasteiger partial charge >= 0.3 is 0 Å². The Morgan fingerprint density at radius 3 is 2.66 bits per heavy atom. The van der Waals surface area contributed by atoms with E-state index in [1.54, 1.807) is 12.2 Å². The van der Waals surface area contributed by atoms with Gasteiger partial charge in [0.1, 0.15) is 0 Å². The van der Waals surface area contributed by atoms with Gasteiger partial charge in [0.15, 0.2) is 5.88 Å². The summed E-state index contributed by atoms with van der Waals surface area (Å²) in [7, 11) is 0. The third-order valence-corrected chi connectivity index (χ3v) is 6.01. The second-order valence-corrected chi connectivity index (χ2v) is 8.92. The largest absolute Gasteiger partial charge is 0.479 e. The van der Waals surface area contributed by atoms with Crippen LogP contribution in [0.1, 0.15) is 75.5 Å². The molecule has 0 saturated carbocycles. The summed E-state index contributed by atoms with van der Waals surface area (Å²) in [6.45, 7) is 2.71. The van der Waals surface area contributed by atoms with Crippen LogP contribution in [0, 0.1) is 0 Å². The highest BCUT2D eigenvalue weighted by molar-refractivity contribution is 6.31. The van der Waals surface area contributed by atoms with Crippen LogP contribution < -0.4 is 11.5 Å². The summed E-state index contributed by atoms with van der Waals surface area (Å²) in [6, 6.07) is 5.64. The van der Waals surface area contributed by atoms with E-state index in [1.165, 1.54) is 25.7 Å². The van der Waals surface area contributed by atoms with Crippen molar-refractivity contribution in [2.45, 2.75) is 83.0 Å². The molecule has 7 heteroatoms. The minimum Gasteiger partial charge on any atom is -0.479 e. The van der Waals surface area contributed by atoms with Crippen molar-refractivity contribution < 1.29 is 19.7 Å². The number of halogens is 1. The van der Waals surface area contributed by atoms with E-state index < -0.39 is 6.10 Å². The smallest absolute Gasteiger partial charge is 0.183 e. The lowest BCUT2D eigenvalue weighted by Gasteiger charge is -2.32. The van der Waals surface area contributed by atoms with E-state index in [-0.39, 0.29) is 18.8 Å². The van der Waals surface area contributed by atoms with Crippen LogP contribution >= 0.6 is 11.6 Å². The van der Waals surface area contributed by atoms with Gasteiger partial charge in [0.05, 0.1) is 31.5 Å². The van der Waals surface area contributed by atoms with E-state index in [9.17, 15) is 10.2 Å². The highest BCUT2D eigenvalue weighted by Gasteiger charge is 2.29. The van der Waals surface area contributed by atoms with Crippen LogP contribution in [0.25, 0.3) is 0 Å². The molecule has 3 unspecified atom stereocenters. The fourth-order valence-electron chi connectivity index (χ4n) is 3.84. The van der Waals surface area contributed by atoms with Crippen LogP contribution in [0.2, 0.25) is 5.02 Å². The Morgan fingerprint density at radius 2 is 1.91 bits per heavy atom. The summed E-state index contributed by atoms with van der Waals surface area (Å²) in [4.78, 5) is 0. The van der Waals surface area contributed by atoms with E-state index in [1.807, 2.05) is 18.2 Å². The van der Waals surface area contributed by atoms with Crippen LogP contribution in [-0.2, 0) is 15.9 Å². The van der Waals surface area contributed by atoms with Gasteiger partial charge in [0.25, 0.3) is 0 Å². The molecule has 0 amide bonds. The number of rotatable bonds is 13. The topological polar surface area (TPSA) is 111 Å². The molecule has 180 valence electrons. The van der Waals surface area contributed by atoms with Crippen molar-refractivity contribution in [3.8, 4) is 0 Å². The van der Waals surface area contributed by atoms with Crippen molar-refractivity contribution in [3.05, 3.63) is 58.1 Å². The van der Waals surface area contributed by atoms with Crippen molar-refractivity contribution >= 4 is 11.6 Å². The van der Waals surface area contributed by atoms with E-state index in [2.05, 4.69) is 6.92 Å². The molecule has 1 aliphatic heterocycles. The van der Waals surface area contributed by atoms with Crippen LogP contribution in [0.4, 0.5) is 0 Å². The molecule has 1 aromatic rings. The molecule has 1 aromatic carbocycles. The Morgan fingerprint density at radius 1 is 1.16 bits per heavy atom. The van der Waals surface area contributed by atoms with E-state index in [0.29, 0.717) is 42.5 Å². The first-order valence-corrected chi connectivity index (χ1v) is 12.1. The van der Waals surface area contributed by atoms with Gasteiger partial charge in [-0.05, 0) is 35.8 Å². The quantitative estimate of drug-likeness (QED) is 0.194. The zero-order chi connectivity index (χ0) is 23.3. The molecule has 3 atom stereocenters. The summed E-state index contributed by atoms with van der Waals surface area (Å²) in [5.41, 5.74) is 14.5. The Kier molecular flexibility index (Phi) is 12.0. The minimum absolute atomic E-state index is 0.113. The number of unbranched alkanes of at least 4 members (excludes halogenated alkanes) is 5. The number of ether oxygens (including phenoxy) is 2. The number of allylic oxidation sites excluding steroid dienone is 3. The molecule has 32 heavy (non-hydrogen) atoms. The van der Waals surface area contributed by atoms with E-state index in [4.69, 9.17) is 32.5 Å². The molecule has 6 nitrogen and oxygen atoms in total. The Hall–Kier alpha value is -1.73. The molecule has 0 spiro atoms. The average molecular weight is 467 g/mol. The molecule has 1 heterocycles. The summed E-state index contributed by atoms with van der Waals surface area (Å²) >= 11 is 6.38. The third-order valence-electron chi connectivity index (χ3n) is 5.65. The number of nitrogens with two attached hydrogens (primary N) is 2. The predicted octanol–water partition coefficient (Wildman–Crippen LogP) is 4.48. The first-order chi connectivity index (χ1) is 15.4. The monoisotopic (exact) mass is 466 g/mol. The molecule has 2 rings (SSSR count). The Bertz CT molecular complexity index is 753. The van der Waals surface area contributed by atoms with Gasteiger partial charge in [-0.3, -0.25) is 0 Å². The molecular formula is C25H39ClN2O4. The van der Waals surface area contributed by atoms with Crippen LogP contribution in [0.3, 0.4) is 0 Å². The second kappa shape index (κ2) is 14.4. The van der Waals surface area contributed by atoms with Crippen molar-refractivity contribution in [3.63, 3.8) is 0 Å². The lowest BCUT2D eigenvalue weighted by Crippen LogP contribution is -2.33. The summed E-state index contributed by atoms with van der Waals surface area (Å²) in [6.07, 6.45) is 10.8. The van der Waals surface area contributed by atoms with Crippen molar-refractivity contribution in [2.24, 2.45) is 11.5 Å². The zero-order valence-corrected chi connectivity index (χ0v) is 19.9. The molecule has 1 aliphatic rings. The SMILES string of the molecule is CCCCCCCCO/C(N)=C/C=C(\N)Cc1cc(C2CC(O)CC(CO)O2)ccc1Cl. The Balaban J connectivity index is 1.88. The fraction of sp³-hybridized carbons (Fsp3) is 0.600. The first-order valence-electron chi connectivity index (χ1n) is 11.7. The first kappa shape index (κ1) is 26.5. The van der Waals surface area contributed by atoms with Gasteiger partial charge < -0.3 is 31.2 Å². The van der Waals surface area contributed by atoms with Crippen LogP contribution in [-0.4, -0.2) is 35.6 Å². The van der Waals surface area contributed by atoms with Crippen molar-refractivity contribution in [2.75, 3.05) is 13.2 Å². The average Bonchev–Trinajstić information content (AvgIpc) is 2.78. The fourth-order valence-corrected chi connectivity index (χ4v) is 4.03. The van der Waals surface area contributed by atoms with Gasteiger partial charge in [0, 0.05) is 30.0 Å². The molecular weight excluding hydrogens is 428 g/mol. The predicted molar refractivity (Wildman–Crippen MR) is 129 cm³/mol. The lowest BCUT2D eigenvalue weighted by atomic mass is 9.94.